The van der Waals surface area contributed by atoms with E-state index < -0.39 is 32.5 Å². The Bertz CT molecular complexity index is 1200. The number of aryl methyl sites for hydroxylation is 3. The molecule has 2 heterocycles. The minimum atomic E-state index is -3.98. The average molecular weight is 485 g/mol. The van der Waals surface area contributed by atoms with Crippen LogP contribution in [0.5, 0.6) is 0 Å². The van der Waals surface area contributed by atoms with E-state index in [2.05, 4.69) is 10.5 Å². The molecule has 0 saturated carbocycles. The van der Waals surface area contributed by atoms with Crippen molar-refractivity contribution in [2.75, 3.05) is 32.0 Å². The summed E-state index contributed by atoms with van der Waals surface area (Å²) >= 11 is 0. The van der Waals surface area contributed by atoms with Crippen molar-refractivity contribution >= 4 is 31.6 Å². The van der Waals surface area contributed by atoms with Crippen molar-refractivity contribution in [3.8, 4) is 0 Å². The van der Waals surface area contributed by atoms with Gasteiger partial charge in [-0.1, -0.05) is 17.6 Å². The van der Waals surface area contributed by atoms with Gasteiger partial charge < -0.3 is 9.84 Å². The first-order valence-corrected chi connectivity index (χ1v) is 13.1. The zero-order valence-electron chi connectivity index (χ0n) is 18.6. The van der Waals surface area contributed by atoms with Crippen molar-refractivity contribution in [2.45, 2.75) is 49.8 Å². The number of benzene rings is 1. The molecule has 1 aliphatic rings. The van der Waals surface area contributed by atoms with Crippen LogP contribution in [-0.2, 0) is 24.8 Å². The van der Waals surface area contributed by atoms with Gasteiger partial charge in [0.2, 0.25) is 26.0 Å². The summed E-state index contributed by atoms with van der Waals surface area (Å²) in [7, 11) is -6.38. The summed E-state index contributed by atoms with van der Waals surface area (Å²) < 4.78 is 59.0. The Morgan fingerprint density at radius 1 is 1.12 bits per heavy atom. The van der Waals surface area contributed by atoms with Crippen LogP contribution in [0, 0.1) is 20.8 Å². The fourth-order valence-corrected chi connectivity index (χ4v) is 6.86. The van der Waals surface area contributed by atoms with Crippen molar-refractivity contribution in [1.29, 1.82) is 0 Å². The molecule has 1 N–H and O–H groups in total. The highest BCUT2D eigenvalue weighted by Crippen LogP contribution is 2.26. The molecule has 0 aliphatic carbocycles. The van der Waals surface area contributed by atoms with Crippen LogP contribution >= 0.6 is 0 Å². The van der Waals surface area contributed by atoms with Crippen molar-refractivity contribution < 1.29 is 26.2 Å². The predicted octanol–water partition coefficient (Wildman–Crippen LogP) is 2.03. The third-order valence-corrected chi connectivity index (χ3v) is 9.50. The fraction of sp³-hybridized carbons (Fsp3) is 0.500. The monoisotopic (exact) mass is 484 g/mol. The summed E-state index contributed by atoms with van der Waals surface area (Å²) in [5, 5.41) is 6.24. The Balaban J connectivity index is 1.76. The highest BCUT2D eigenvalue weighted by atomic mass is 32.2. The molecule has 0 radical (unpaired) electrons. The maximum absolute atomic E-state index is 13.1. The van der Waals surface area contributed by atoms with Crippen LogP contribution in [-0.4, -0.2) is 63.2 Å². The highest BCUT2D eigenvalue weighted by Gasteiger charge is 2.30. The largest absolute Gasteiger partial charge is 0.360 e. The number of hydrogen-bond acceptors (Lipinski definition) is 7. The van der Waals surface area contributed by atoms with Crippen LogP contribution < -0.4 is 5.32 Å². The lowest BCUT2D eigenvalue weighted by Gasteiger charge is -2.26. The summed E-state index contributed by atoms with van der Waals surface area (Å²) in [6, 6.07) is 4.63. The van der Waals surface area contributed by atoms with Gasteiger partial charge in [-0.25, -0.2) is 16.8 Å². The SMILES string of the molecule is Cc1ccc(NC(=O)CN(C)S(=O)(=O)c2c(C)noc2C)cc1S(=O)(=O)N1CCCCC1. The van der Waals surface area contributed by atoms with E-state index in [0.717, 1.165) is 23.6 Å². The first kappa shape index (κ1) is 24.4. The third kappa shape index (κ3) is 4.87. The van der Waals surface area contributed by atoms with E-state index in [1.54, 1.807) is 19.1 Å². The van der Waals surface area contributed by atoms with E-state index in [-0.39, 0.29) is 26.9 Å². The Morgan fingerprint density at radius 3 is 2.38 bits per heavy atom. The predicted molar refractivity (Wildman–Crippen MR) is 118 cm³/mol. The van der Waals surface area contributed by atoms with Gasteiger partial charge in [0.05, 0.1) is 11.4 Å². The second-order valence-corrected chi connectivity index (χ2v) is 11.8. The Labute approximate surface area is 188 Å². The quantitative estimate of drug-likeness (QED) is 0.636. The molecule has 1 amide bonds. The fourth-order valence-electron chi connectivity index (χ4n) is 3.69. The number of amides is 1. The van der Waals surface area contributed by atoms with Crippen molar-refractivity contribution in [3.05, 3.63) is 35.2 Å². The second kappa shape index (κ2) is 9.30. The molecule has 2 aromatic rings. The number of nitrogens with one attached hydrogen (secondary N) is 1. The molecule has 1 fully saturated rings. The molecule has 1 aromatic heterocycles. The standard InChI is InChI=1S/C20H28N4O6S2/c1-14-8-9-17(12-18(14)31(26,27)24-10-6-5-7-11-24)21-19(25)13-23(4)32(28,29)20-15(2)22-30-16(20)3/h8-9,12H,5-7,10-11,13H2,1-4H3,(H,21,25). The van der Waals surface area contributed by atoms with E-state index in [1.165, 1.54) is 31.3 Å². The van der Waals surface area contributed by atoms with Gasteiger partial charge in [0.1, 0.15) is 10.6 Å². The number of hydrogen-bond donors (Lipinski definition) is 1. The molecule has 176 valence electrons. The normalized spacial score (nSPS) is 15.8. The van der Waals surface area contributed by atoms with Crippen LogP contribution in [0.1, 0.15) is 36.3 Å². The number of carbonyl (C=O) groups excluding carboxylic acids is 1. The molecule has 3 rings (SSSR count). The van der Waals surface area contributed by atoms with Crippen molar-refractivity contribution in [3.63, 3.8) is 0 Å². The summed E-state index contributed by atoms with van der Waals surface area (Å²) in [6.45, 7) is 5.18. The maximum Gasteiger partial charge on any atom is 0.248 e. The van der Waals surface area contributed by atoms with Gasteiger partial charge in [0.25, 0.3) is 0 Å². The number of carbonyl (C=O) groups is 1. The number of likely N-dealkylation sites (N-methyl/N-ethyl adjacent to an activating group) is 1. The van der Waals surface area contributed by atoms with Crippen LogP contribution in [0.3, 0.4) is 0 Å². The average Bonchev–Trinajstić information content (AvgIpc) is 3.08. The van der Waals surface area contributed by atoms with Gasteiger partial charge in [-0.15, -0.1) is 0 Å². The smallest absolute Gasteiger partial charge is 0.248 e. The Kier molecular flexibility index (Phi) is 7.08. The zero-order valence-corrected chi connectivity index (χ0v) is 20.2. The summed E-state index contributed by atoms with van der Waals surface area (Å²) in [4.78, 5) is 12.6. The van der Waals surface area contributed by atoms with Gasteiger partial charge in [0.15, 0.2) is 5.76 Å². The van der Waals surface area contributed by atoms with Crippen LogP contribution in [0.25, 0.3) is 0 Å². The number of nitrogens with zero attached hydrogens (tertiary/aromatic N) is 3. The molecule has 0 atom stereocenters. The molecule has 1 aliphatic heterocycles. The van der Waals surface area contributed by atoms with Gasteiger partial charge in [0, 0.05) is 25.8 Å². The number of piperidine rings is 1. The summed E-state index contributed by atoms with van der Waals surface area (Å²) in [6.07, 6.45) is 2.65. The van der Waals surface area contributed by atoms with E-state index in [4.69, 9.17) is 4.52 Å². The third-order valence-electron chi connectivity index (χ3n) is 5.41. The lowest BCUT2D eigenvalue weighted by molar-refractivity contribution is -0.116. The maximum atomic E-state index is 13.1. The lowest BCUT2D eigenvalue weighted by Crippen LogP contribution is -2.36. The zero-order chi connectivity index (χ0) is 23.7. The van der Waals surface area contributed by atoms with Gasteiger partial charge in [-0.3, -0.25) is 4.79 Å². The van der Waals surface area contributed by atoms with Crippen molar-refractivity contribution in [1.82, 2.24) is 13.8 Å². The molecule has 12 heteroatoms. The lowest BCUT2D eigenvalue weighted by atomic mass is 10.2. The number of rotatable bonds is 7. The van der Waals surface area contributed by atoms with Crippen LogP contribution in [0.2, 0.25) is 0 Å². The summed E-state index contributed by atoms with van der Waals surface area (Å²) in [5.41, 5.74) is 1.06. The molecule has 1 saturated heterocycles. The summed E-state index contributed by atoms with van der Waals surface area (Å²) in [5.74, 6) is -0.464. The molecular weight excluding hydrogens is 456 g/mol. The second-order valence-electron chi connectivity index (χ2n) is 7.91. The minimum Gasteiger partial charge on any atom is -0.360 e. The Morgan fingerprint density at radius 2 is 1.78 bits per heavy atom. The van der Waals surface area contributed by atoms with E-state index in [9.17, 15) is 21.6 Å². The first-order valence-electron chi connectivity index (χ1n) is 10.2. The number of anilines is 1. The molecule has 32 heavy (non-hydrogen) atoms. The molecule has 0 bridgehead atoms. The number of sulfonamides is 2. The minimum absolute atomic E-state index is 0.0713. The van der Waals surface area contributed by atoms with E-state index in [0.29, 0.717) is 18.7 Å². The molecule has 1 aromatic carbocycles. The van der Waals surface area contributed by atoms with Crippen molar-refractivity contribution in [2.24, 2.45) is 0 Å². The Hall–Kier alpha value is -2.28. The topological polar surface area (TPSA) is 130 Å². The van der Waals surface area contributed by atoms with Crippen LogP contribution in [0.4, 0.5) is 5.69 Å². The van der Waals surface area contributed by atoms with Gasteiger partial charge in [-0.2, -0.15) is 8.61 Å². The molecular formula is C20H28N4O6S2. The van der Waals surface area contributed by atoms with E-state index in [1.807, 2.05) is 0 Å². The number of aromatic nitrogens is 1. The van der Waals surface area contributed by atoms with Gasteiger partial charge in [-0.05, 0) is 51.3 Å². The van der Waals surface area contributed by atoms with E-state index >= 15 is 0 Å². The molecule has 0 spiro atoms. The highest BCUT2D eigenvalue weighted by molar-refractivity contribution is 7.89. The first-order chi connectivity index (χ1) is 14.9. The van der Waals surface area contributed by atoms with Gasteiger partial charge >= 0.3 is 0 Å². The molecule has 10 nitrogen and oxygen atoms in total. The molecule has 0 unspecified atom stereocenters. The van der Waals surface area contributed by atoms with Crippen LogP contribution in [0.15, 0.2) is 32.5 Å².